The second kappa shape index (κ2) is 6.02. The van der Waals surface area contributed by atoms with Gasteiger partial charge in [0, 0.05) is 18.3 Å². The van der Waals surface area contributed by atoms with Crippen LogP contribution < -0.4 is 5.32 Å². The molecule has 1 amide bonds. The fourth-order valence-electron chi connectivity index (χ4n) is 1.10. The average Bonchev–Trinajstić information content (AvgIpc) is 2.21. The second-order valence-corrected chi connectivity index (χ2v) is 3.84. The van der Waals surface area contributed by atoms with Crippen molar-refractivity contribution in [2.24, 2.45) is 0 Å². The predicted octanol–water partition coefficient (Wildman–Crippen LogP) is 1.45. The summed E-state index contributed by atoms with van der Waals surface area (Å²) in [6.45, 7) is 2.65. The SMILES string of the molecule is Cc1ccc(NC(=O)C=CCN(C)C)cn1. The molecule has 4 nitrogen and oxygen atoms in total. The van der Waals surface area contributed by atoms with Gasteiger partial charge in [-0.1, -0.05) is 6.08 Å². The zero-order valence-electron chi connectivity index (χ0n) is 9.90. The van der Waals surface area contributed by atoms with Gasteiger partial charge in [-0.3, -0.25) is 9.78 Å². The highest BCUT2D eigenvalue weighted by Crippen LogP contribution is 2.04. The van der Waals surface area contributed by atoms with Gasteiger partial charge >= 0.3 is 0 Å². The van der Waals surface area contributed by atoms with Gasteiger partial charge < -0.3 is 10.2 Å². The number of hydrogen-bond donors (Lipinski definition) is 1. The number of nitrogens with one attached hydrogen (secondary N) is 1. The number of rotatable bonds is 4. The third kappa shape index (κ3) is 4.70. The Morgan fingerprint density at radius 3 is 2.81 bits per heavy atom. The zero-order valence-corrected chi connectivity index (χ0v) is 9.90. The molecule has 0 fully saturated rings. The molecule has 16 heavy (non-hydrogen) atoms. The van der Waals surface area contributed by atoms with Crippen molar-refractivity contribution in [3.63, 3.8) is 0 Å². The van der Waals surface area contributed by atoms with Gasteiger partial charge in [-0.2, -0.15) is 0 Å². The van der Waals surface area contributed by atoms with Crippen LogP contribution in [-0.4, -0.2) is 36.4 Å². The van der Waals surface area contributed by atoms with Crippen LogP contribution in [0.3, 0.4) is 0 Å². The summed E-state index contributed by atoms with van der Waals surface area (Å²) in [7, 11) is 3.90. The summed E-state index contributed by atoms with van der Waals surface area (Å²) in [5.41, 5.74) is 1.64. The number of aromatic nitrogens is 1. The molecule has 1 rings (SSSR count). The van der Waals surface area contributed by atoms with Crippen LogP contribution in [0.25, 0.3) is 0 Å². The molecule has 0 aliphatic carbocycles. The van der Waals surface area contributed by atoms with Gasteiger partial charge in [0.1, 0.15) is 0 Å². The van der Waals surface area contributed by atoms with Crippen molar-refractivity contribution in [1.29, 1.82) is 0 Å². The molecule has 1 heterocycles. The Hall–Kier alpha value is -1.68. The highest BCUT2D eigenvalue weighted by atomic mass is 16.1. The lowest BCUT2D eigenvalue weighted by atomic mass is 10.3. The number of anilines is 1. The van der Waals surface area contributed by atoms with Crippen LogP contribution in [0.2, 0.25) is 0 Å². The number of aryl methyl sites for hydroxylation is 1. The molecule has 0 atom stereocenters. The Bertz CT molecular complexity index is 368. The molecule has 0 spiro atoms. The van der Waals surface area contributed by atoms with Gasteiger partial charge in [0.05, 0.1) is 11.9 Å². The van der Waals surface area contributed by atoms with Crippen LogP contribution in [0, 0.1) is 6.92 Å². The molecule has 0 saturated heterocycles. The summed E-state index contributed by atoms with van der Waals surface area (Å²) >= 11 is 0. The van der Waals surface area contributed by atoms with Gasteiger partial charge in [-0.05, 0) is 33.2 Å². The van der Waals surface area contributed by atoms with Gasteiger partial charge in [0.25, 0.3) is 0 Å². The fourth-order valence-corrected chi connectivity index (χ4v) is 1.10. The van der Waals surface area contributed by atoms with Crippen molar-refractivity contribution in [2.75, 3.05) is 26.0 Å². The molecule has 0 unspecified atom stereocenters. The first-order valence-corrected chi connectivity index (χ1v) is 5.13. The number of pyridine rings is 1. The fraction of sp³-hybridized carbons (Fsp3) is 0.333. The maximum atomic E-state index is 11.4. The molecule has 1 N–H and O–H groups in total. The molecule has 0 aliphatic heterocycles. The average molecular weight is 219 g/mol. The standard InChI is InChI=1S/C12H17N3O/c1-10-6-7-11(9-13-10)14-12(16)5-4-8-15(2)3/h4-7,9H,8H2,1-3H3,(H,14,16). The predicted molar refractivity (Wildman–Crippen MR) is 65.3 cm³/mol. The van der Waals surface area contributed by atoms with E-state index in [1.807, 2.05) is 44.1 Å². The van der Waals surface area contributed by atoms with Crippen molar-refractivity contribution in [3.05, 3.63) is 36.2 Å². The normalized spacial score (nSPS) is 11.0. The molecular formula is C12H17N3O. The van der Waals surface area contributed by atoms with Gasteiger partial charge in [-0.25, -0.2) is 0 Å². The van der Waals surface area contributed by atoms with Gasteiger partial charge in [0.2, 0.25) is 5.91 Å². The van der Waals surface area contributed by atoms with Crippen molar-refractivity contribution in [1.82, 2.24) is 9.88 Å². The van der Waals surface area contributed by atoms with Gasteiger partial charge in [0.15, 0.2) is 0 Å². The number of carbonyl (C=O) groups excluding carboxylic acids is 1. The number of nitrogens with zero attached hydrogens (tertiary/aromatic N) is 2. The molecule has 0 radical (unpaired) electrons. The second-order valence-electron chi connectivity index (χ2n) is 3.84. The summed E-state index contributed by atoms with van der Waals surface area (Å²) in [5.74, 6) is -0.132. The van der Waals surface area contributed by atoms with Crippen LogP contribution in [0.4, 0.5) is 5.69 Å². The smallest absolute Gasteiger partial charge is 0.248 e. The minimum atomic E-state index is -0.132. The topological polar surface area (TPSA) is 45.2 Å². The van der Waals surface area contributed by atoms with Crippen LogP contribution in [-0.2, 0) is 4.79 Å². The Morgan fingerprint density at radius 2 is 2.25 bits per heavy atom. The highest BCUT2D eigenvalue weighted by molar-refractivity contribution is 5.99. The monoisotopic (exact) mass is 219 g/mol. The minimum absolute atomic E-state index is 0.132. The number of carbonyl (C=O) groups is 1. The first kappa shape index (κ1) is 12.4. The van der Waals surface area contributed by atoms with E-state index < -0.39 is 0 Å². The minimum Gasteiger partial charge on any atom is -0.321 e. The lowest BCUT2D eigenvalue weighted by molar-refractivity contribution is -0.111. The largest absolute Gasteiger partial charge is 0.321 e. The number of amides is 1. The highest BCUT2D eigenvalue weighted by Gasteiger charge is 1.97. The third-order valence-electron chi connectivity index (χ3n) is 1.92. The molecule has 1 aromatic heterocycles. The van der Waals surface area contributed by atoms with E-state index in [4.69, 9.17) is 0 Å². The number of hydrogen-bond acceptors (Lipinski definition) is 3. The van der Waals surface area contributed by atoms with Crippen LogP contribution in [0.15, 0.2) is 30.5 Å². The Kier molecular flexibility index (Phi) is 4.66. The maximum absolute atomic E-state index is 11.4. The molecule has 0 bridgehead atoms. The quantitative estimate of drug-likeness (QED) is 0.779. The van der Waals surface area contributed by atoms with Crippen LogP contribution in [0.5, 0.6) is 0 Å². The summed E-state index contributed by atoms with van der Waals surface area (Å²) in [6, 6.07) is 3.69. The summed E-state index contributed by atoms with van der Waals surface area (Å²) in [6.07, 6.45) is 4.99. The van der Waals surface area contributed by atoms with Crippen molar-refractivity contribution in [3.8, 4) is 0 Å². The molecule has 86 valence electrons. The molecule has 0 aliphatic rings. The lowest BCUT2D eigenvalue weighted by Gasteiger charge is -2.04. The third-order valence-corrected chi connectivity index (χ3v) is 1.92. The zero-order chi connectivity index (χ0) is 12.0. The van der Waals surface area contributed by atoms with Crippen LogP contribution in [0.1, 0.15) is 5.69 Å². The maximum Gasteiger partial charge on any atom is 0.248 e. The van der Waals surface area contributed by atoms with E-state index in [9.17, 15) is 4.79 Å². The first-order chi connectivity index (χ1) is 7.58. The Morgan fingerprint density at radius 1 is 1.50 bits per heavy atom. The van der Waals surface area contributed by atoms with Crippen molar-refractivity contribution in [2.45, 2.75) is 6.92 Å². The van der Waals surface area contributed by atoms with Crippen LogP contribution >= 0.6 is 0 Å². The summed E-state index contributed by atoms with van der Waals surface area (Å²) < 4.78 is 0. The van der Waals surface area contributed by atoms with Crippen molar-refractivity contribution < 1.29 is 4.79 Å². The molecular weight excluding hydrogens is 202 g/mol. The molecule has 0 saturated carbocycles. The van der Waals surface area contributed by atoms with Crippen molar-refractivity contribution >= 4 is 11.6 Å². The Balaban J connectivity index is 2.45. The van der Waals surface area contributed by atoms with E-state index in [0.717, 1.165) is 12.2 Å². The lowest BCUT2D eigenvalue weighted by Crippen LogP contribution is -2.13. The molecule has 0 aromatic carbocycles. The summed E-state index contributed by atoms with van der Waals surface area (Å²) in [4.78, 5) is 17.5. The molecule has 4 heteroatoms. The van der Waals surface area contributed by atoms with E-state index in [1.54, 1.807) is 6.20 Å². The molecule has 1 aromatic rings. The van der Waals surface area contributed by atoms with Gasteiger partial charge in [-0.15, -0.1) is 0 Å². The van der Waals surface area contributed by atoms with E-state index >= 15 is 0 Å². The first-order valence-electron chi connectivity index (χ1n) is 5.13. The number of likely N-dealkylation sites (N-methyl/N-ethyl adjacent to an activating group) is 1. The van der Waals surface area contributed by atoms with E-state index in [1.165, 1.54) is 6.08 Å². The summed E-state index contributed by atoms with van der Waals surface area (Å²) in [5, 5.41) is 2.74. The van der Waals surface area contributed by atoms with E-state index in [-0.39, 0.29) is 5.91 Å². The van der Waals surface area contributed by atoms with E-state index in [2.05, 4.69) is 10.3 Å². The Labute approximate surface area is 96.0 Å². The van der Waals surface area contributed by atoms with E-state index in [0.29, 0.717) is 5.69 Å².